The molecule has 186 valence electrons. The summed E-state index contributed by atoms with van der Waals surface area (Å²) >= 11 is 0. The van der Waals surface area contributed by atoms with Crippen molar-refractivity contribution in [3.05, 3.63) is 65.6 Å². The molecular formula is C26H35N7O2. The molecule has 1 aromatic heterocycles. The molecule has 35 heavy (non-hydrogen) atoms. The van der Waals surface area contributed by atoms with E-state index in [1.54, 1.807) is 15.8 Å². The second-order valence-corrected chi connectivity index (χ2v) is 9.72. The van der Waals surface area contributed by atoms with Crippen molar-refractivity contribution in [2.45, 2.75) is 58.7 Å². The van der Waals surface area contributed by atoms with Gasteiger partial charge in [0, 0.05) is 26.0 Å². The van der Waals surface area contributed by atoms with Gasteiger partial charge in [0.1, 0.15) is 12.1 Å². The Morgan fingerprint density at radius 2 is 1.91 bits per heavy atom. The van der Waals surface area contributed by atoms with Gasteiger partial charge in [-0.2, -0.15) is 0 Å². The average molecular weight is 478 g/mol. The zero-order valence-electron chi connectivity index (χ0n) is 21.1. The Morgan fingerprint density at radius 1 is 1.17 bits per heavy atom. The van der Waals surface area contributed by atoms with E-state index in [0.717, 1.165) is 28.9 Å². The third-order valence-corrected chi connectivity index (χ3v) is 6.58. The largest absolute Gasteiger partial charge is 0.348 e. The fourth-order valence-electron chi connectivity index (χ4n) is 4.72. The van der Waals surface area contributed by atoms with Crippen LogP contribution < -0.4 is 10.7 Å². The number of hydrogen-bond donors (Lipinski definition) is 2. The number of aryl methyl sites for hydroxylation is 1. The van der Waals surface area contributed by atoms with Crippen molar-refractivity contribution >= 4 is 17.5 Å². The van der Waals surface area contributed by atoms with Crippen LogP contribution in [0.1, 0.15) is 62.5 Å². The predicted octanol–water partition coefficient (Wildman–Crippen LogP) is 2.96. The van der Waals surface area contributed by atoms with Crippen LogP contribution in [0.5, 0.6) is 0 Å². The van der Waals surface area contributed by atoms with Gasteiger partial charge in [0.15, 0.2) is 0 Å². The molecule has 0 spiro atoms. The minimum absolute atomic E-state index is 0.0226. The van der Waals surface area contributed by atoms with E-state index < -0.39 is 12.1 Å². The molecule has 1 saturated heterocycles. The number of benzene rings is 1. The number of carbonyl (C=O) groups excluding carboxylic acids is 2. The van der Waals surface area contributed by atoms with Crippen molar-refractivity contribution in [1.82, 2.24) is 35.6 Å². The van der Waals surface area contributed by atoms with Gasteiger partial charge in [-0.25, -0.2) is 4.68 Å². The summed E-state index contributed by atoms with van der Waals surface area (Å²) in [7, 11) is 1.95. The van der Waals surface area contributed by atoms with Crippen LogP contribution in [0.15, 0.2) is 48.8 Å². The number of nitrogens with one attached hydrogen (secondary N) is 2. The molecule has 0 bridgehead atoms. The lowest BCUT2D eigenvalue weighted by atomic mass is 10.0. The van der Waals surface area contributed by atoms with Crippen LogP contribution in [0.4, 0.5) is 0 Å². The van der Waals surface area contributed by atoms with Crippen molar-refractivity contribution in [3.8, 4) is 0 Å². The van der Waals surface area contributed by atoms with Gasteiger partial charge in [-0.3, -0.25) is 20.0 Å². The van der Waals surface area contributed by atoms with Crippen LogP contribution in [0, 0.1) is 12.8 Å². The van der Waals surface area contributed by atoms with Gasteiger partial charge in [0.2, 0.25) is 11.8 Å². The number of hydrogen-bond acceptors (Lipinski definition) is 6. The van der Waals surface area contributed by atoms with E-state index in [1.165, 1.54) is 0 Å². The molecule has 3 heterocycles. The smallest absolute Gasteiger partial charge is 0.248 e. The predicted molar refractivity (Wildman–Crippen MR) is 134 cm³/mol. The zero-order valence-corrected chi connectivity index (χ0v) is 21.1. The number of aromatic nitrogens is 3. The van der Waals surface area contributed by atoms with Gasteiger partial charge >= 0.3 is 0 Å². The number of hydrazine groups is 1. The highest BCUT2D eigenvalue weighted by Crippen LogP contribution is 2.27. The summed E-state index contributed by atoms with van der Waals surface area (Å²) in [6, 6.07) is 7.01. The second kappa shape index (κ2) is 10.3. The summed E-state index contributed by atoms with van der Waals surface area (Å²) < 4.78 is 1.63. The van der Waals surface area contributed by atoms with Crippen molar-refractivity contribution in [2.24, 2.45) is 5.92 Å². The van der Waals surface area contributed by atoms with E-state index in [0.29, 0.717) is 13.0 Å². The van der Waals surface area contributed by atoms with Gasteiger partial charge < -0.3 is 10.2 Å². The SMILES string of the molecule is Cc1cn([C@H](C(=O)N2CCC[C@H]2C(=O)N[C@@H](C)c2ccc(C3=CC=CN(C)N3)cc2)C(C)C)nn1. The Balaban J connectivity index is 1.42. The van der Waals surface area contributed by atoms with Crippen LogP contribution in [-0.4, -0.2) is 56.4 Å². The van der Waals surface area contributed by atoms with Crippen molar-refractivity contribution in [2.75, 3.05) is 13.6 Å². The zero-order chi connectivity index (χ0) is 25.1. The molecule has 0 aliphatic carbocycles. The molecule has 9 heteroatoms. The molecule has 2 amide bonds. The Labute approximate surface area is 206 Å². The Kier molecular flexibility index (Phi) is 7.23. The van der Waals surface area contributed by atoms with Crippen LogP contribution in [0.3, 0.4) is 0 Å². The minimum atomic E-state index is -0.480. The highest BCUT2D eigenvalue weighted by atomic mass is 16.2. The van der Waals surface area contributed by atoms with Crippen molar-refractivity contribution in [1.29, 1.82) is 0 Å². The molecule has 0 saturated carbocycles. The summed E-state index contributed by atoms with van der Waals surface area (Å²) in [5.41, 5.74) is 7.14. The van der Waals surface area contributed by atoms with Crippen LogP contribution >= 0.6 is 0 Å². The number of amides is 2. The summed E-state index contributed by atoms with van der Waals surface area (Å²) in [4.78, 5) is 28.5. The van der Waals surface area contributed by atoms with Crippen LogP contribution in [0.2, 0.25) is 0 Å². The topological polar surface area (TPSA) is 95.4 Å². The maximum atomic E-state index is 13.5. The molecule has 4 rings (SSSR count). The molecule has 1 fully saturated rings. The molecule has 2 aliphatic rings. The van der Waals surface area contributed by atoms with Gasteiger partial charge in [0.25, 0.3) is 0 Å². The molecule has 2 aromatic rings. The lowest BCUT2D eigenvalue weighted by Crippen LogP contribution is -2.49. The van der Waals surface area contributed by atoms with Crippen LogP contribution in [0.25, 0.3) is 5.70 Å². The Hall–Kier alpha value is -3.62. The molecule has 1 aromatic carbocycles. The Bertz CT molecular complexity index is 1120. The van der Waals surface area contributed by atoms with Gasteiger partial charge in [0.05, 0.1) is 17.4 Å². The molecular weight excluding hydrogens is 442 g/mol. The first-order valence-corrected chi connectivity index (χ1v) is 12.2. The van der Waals surface area contributed by atoms with E-state index in [2.05, 4.69) is 21.1 Å². The third kappa shape index (κ3) is 5.39. The lowest BCUT2D eigenvalue weighted by molar-refractivity contribution is -0.142. The van der Waals surface area contributed by atoms with Gasteiger partial charge in [-0.15, -0.1) is 5.10 Å². The standard InChI is InChI=1S/C26H35N7O2/c1-17(2)24(33-16-18(3)28-30-33)26(35)32-15-7-9-23(32)25(34)27-19(4)20-10-12-21(13-11-20)22-8-6-14-31(5)29-22/h6,8,10-14,16-17,19,23-24,29H,7,9,15H2,1-5H3,(H,27,34)/t19-,23-,24-/m0/s1. The summed E-state index contributed by atoms with van der Waals surface area (Å²) in [5, 5.41) is 13.2. The number of allylic oxidation sites excluding steroid dienone is 2. The summed E-state index contributed by atoms with van der Waals surface area (Å²) in [5.74, 6) is -0.172. The van der Waals surface area contributed by atoms with Gasteiger partial charge in [-0.05, 0) is 55.9 Å². The molecule has 2 aliphatic heterocycles. The highest BCUT2D eigenvalue weighted by Gasteiger charge is 2.39. The fourth-order valence-corrected chi connectivity index (χ4v) is 4.72. The van der Waals surface area contributed by atoms with Crippen LogP contribution in [-0.2, 0) is 9.59 Å². The quantitative estimate of drug-likeness (QED) is 0.637. The molecule has 0 radical (unpaired) electrons. The first-order valence-electron chi connectivity index (χ1n) is 12.2. The van der Waals surface area contributed by atoms with Crippen molar-refractivity contribution < 1.29 is 9.59 Å². The third-order valence-electron chi connectivity index (χ3n) is 6.58. The minimum Gasteiger partial charge on any atom is -0.348 e. The first-order chi connectivity index (χ1) is 16.7. The first kappa shape index (κ1) is 24.5. The maximum absolute atomic E-state index is 13.5. The van der Waals surface area contributed by atoms with Gasteiger partial charge in [-0.1, -0.05) is 43.3 Å². The fraction of sp³-hybridized carbons (Fsp3) is 0.462. The molecule has 3 atom stereocenters. The molecule has 2 N–H and O–H groups in total. The number of carbonyl (C=O) groups is 2. The number of likely N-dealkylation sites (tertiary alicyclic amines) is 1. The number of nitrogens with zero attached hydrogens (tertiary/aromatic N) is 5. The monoisotopic (exact) mass is 477 g/mol. The van der Waals surface area contributed by atoms with E-state index >= 15 is 0 Å². The highest BCUT2D eigenvalue weighted by molar-refractivity contribution is 5.90. The van der Waals surface area contributed by atoms with E-state index in [-0.39, 0.29) is 23.8 Å². The van der Waals surface area contributed by atoms with E-state index in [9.17, 15) is 9.59 Å². The summed E-state index contributed by atoms with van der Waals surface area (Å²) in [6.45, 7) is 8.37. The van der Waals surface area contributed by atoms with Crippen molar-refractivity contribution in [3.63, 3.8) is 0 Å². The number of rotatable bonds is 7. The molecule has 0 unspecified atom stereocenters. The molecule has 9 nitrogen and oxygen atoms in total. The Morgan fingerprint density at radius 3 is 2.54 bits per heavy atom. The lowest BCUT2D eigenvalue weighted by Gasteiger charge is -2.30. The van der Waals surface area contributed by atoms with E-state index in [4.69, 9.17) is 0 Å². The average Bonchev–Trinajstić information content (AvgIpc) is 3.48. The summed E-state index contributed by atoms with van der Waals surface area (Å²) in [6.07, 6.45) is 9.21. The normalized spacial score (nSPS) is 19.4. The maximum Gasteiger partial charge on any atom is 0.248 e. The second-order valence-electron chi connectivity index (χ2n) is 9.72. The van der Waals surface area contributed by atoms with E-state index in [1.807, 2.05) is 82.4 Å².